The second kappa shape index (κ2) is 5.44. The molecule has 0 aliphatic carbocycles. The lowest BCUT2D eigenvalue weighted by Crippen LogP contribution is -2.16. The summed E-state index contributed by atoms with van der Waals surface area (Å²) in [4.78, 5) is 8.60. The van der Waals surface area contributed by atoms with E-state index in [1.165, 1.54) is 4.88 Å². The highest BCUT2D eigenvalue weighted by molar-refractivity contribution is 9.10. The van der Waals surface area contributed by atoms with E-state index in [1.54, 1.807) is 17.5 Å². The predicted molar refractivity (Wildman–Crippen MR) is 66.0 cm³/mol. The number of thiophene rings is 1. The minimum absolute atomic E-state index is 0.928. The summed E-state index contributed by atoms with van der Waals surface area (Å²) in [6.45, 7) is 1.88. The van der Waals surface area contributed by atoms with E-state index in [4.69, 9.17) is 0 Å². The molecule has 0 unspecified atom stereocenters. The number of nitrogens with zero attached hydrogens (tertiary/aromatic N) is 1. The third-order valence-corrected chi connectivity index (χ3v) is 3.71. The van der Waals surface area contributed by atoms with Crippen LogP contribution in [0.4, 0.5) is 0 Å². The van der Waals surface area contributed by atoms with Crippen LogP contribution < -0.4 is 5.32 Å². The maximum absolute atomic E-state index is 4.16. The molecule has 15 heavy (non-hydrogen) atoms. The summed E-state index contributed by atoms with van der Waals surface area (Å²) in [5.74, 6) is 1.04. The van der Waals surface area contributed by atoms with Gasteiger partial charge >= 0.3 is 0 Å². The van der Waals surface area contributed by atoms with Gasteiger partial charge in [0.25, 0.3) is 0 Å². The van der Waals surface area contributed by atoms with Crippen molar-refractivity contribution < 1.29 is 0 Å². The van der Waals surface area contributed by atoms with E-state index in [0.717, 1.165) is 29.8 Å². The zero-order chi connectivity index (χ0) is 10.5. The number of halogens is 1. The monoisotopic (exact) mass is 285 g/mol. The molecule has 2 N–H and O–H groups in total. The quantitative estimate of drug-likeness (QED) is 0.829. The Labute approximate surface area is 101 Å². The highest BCUT2D eigenvalue weighted by atomic mass is 79.9. The van der Waals surface area contributed by atoms with Crippen LogP contribution in [0.5, 0.6) is 0 Å². The van der Waals surface area contributed by atoms with Crippen LogP contribution in [0.3, 0.4) is 0 Å². The molecule has 0 radical (unpaired) electrons. The summed E-state index contributed by atoms with van der Waals surface area (Å²) in [7, 11) is 0. The molecular weight excluding hydrogens is 274 g/mol. The lowest BCUT2D eigenvalue weighted by molar-refractivity contribution is 0.680. The third-order valence-electron chi connectivity index (χ3n) is 2.01. The lowest BCUT2D eigenvalue weighted by atomic mass is 10.4. The fourth-order valence-corrected chi connectivity index (χ4v) is 2.72. The van der Waals surface area contributed by atoms with E-state index < -0.39 is 0 Å². The first-order valence-corrected chi connectivity index (χ1v) is 6.44. The minimum atomic E-state index is 0.928. The van der Waals surface area contributed by atoms with E-state index in [0.29, 0.717) is 0 Å². The average Bonchev–Trinajstić information content (AvgIpc) is 2.84. The number of aromatic amines is 1. The van der Waals surface area contributed by atoms with Gasteiger partial charge in [-0.3, -0.25) is 0 Å². The molecule has 0 fully saturated rings. The van der Waals surface area contributed by atoms with Crippen LogP contribution in [0.25, 0.3) is 0 Å². The smallest absolute Gasteiger partial charge is 0.107 e. The van der Waals surface area contributed by atoms with E-state index in [9.17, 15) is 0 Å². The molecule has 0 aliphatic rings. The van der Waals surface area contributed by atoms with Gasteiger partial charge < -0.3 is 10.3 Å². The number of hydrogen-bond donors (Lipinski definition) is 2. The molecule has 0 amide bonds. The molecule has 2 aromatic heterocycles. The molecule has 0 atom stereocenters. The Morgan fingerprint density at radius 1 is 1.53 bits per heavy atom. The first-order valence-electron chi connectivity index (χ1n) is 4.76. The summed E-state index contributed by atoms with van der Waals surface area (Å²) in [6.07, 6.45) is 4.58. The van der Waals surface area contributed by atoms with Crippen LogP contribution in [0.15, 0.2) is 28.3 Å². The molecule has 0 spiro atoms. The second-order valence-electron chi connectivity index (χ2n) is 3.19. The van der Waals surface area contributed by atoms with Crippen molar-refractivity contribution in [1.29, 1.82) is 0 Å². The van der Waals surface area contributed by atoms with Gasteiger partial charge in [-0.25, -0.2) is 4.98 Å². The highest BCUT2D eigenvalue weighted by Gasteiger charge is 1.97. The van der Waals surface area contributed by atoms with E-state index in [-0.39, 0.29) is 0 Å². The fraction of sp³-hybridized carbons (Fsp3) is 0.300. The normalized spacial score (nSPS) is 10.7. The van der Waals surface area contributed by atoms with Crippen molar-refractivity contribution in [1.82, 2.24) is 15.3 Å². The third kappa shape index (κ3) is 3.44. The minimum Gasteiger partial charge on any atom is -0.349 e. The summed E-state index contributed by atoms with van der Waals surface area (Å²) >= 11 is 5.20. The number of H-pyrrole nitrogens is 1. The van der Waals surface area contributed by atoms with Crippen LogP contribution in [0.2, 0.25) is 0 Å². The van der Waals surface area contributed by atoms with Crippen molar-refractivity contribution in [3.05, 3.63) is 39.0 Å². The van der Waals surface area contributed by atoms with Crippen molar-refractivity contribution in [3.63, 3.8) is 0 Å². The molecule has 0 saturated carbocycles. The summed E-state index contributed by atoms with van der Waals surface area (Å²) in [5.41, 5.74) is 0. The van der Waals surface area contributed by atoms with Gasteiger partial charge in [0.05, 0.1) is 0 Å². The van der Waals surface area contributed by atoms with Gasteiger partial charge in [-0.2, -0.15) is 0 Å². The first-order chi connectivity index (χ1) is 7.34. The number of imidazole rings is 1. The molecule has 80 valence electrons. The number of rotatable bonds is 5. The van der Waals surface area contributed by atoms with Crippen molar-refractivity contribution in [2.45, 2.75) is 13.0 Å². The molecule has 2 aromatic rings. The molecule has 2 heterocycles. The van der Waals surface area contributed by atoms with Gasteiger partial charge in [0.15, 0.2) is 0 Å². The van der Waals surface area contributed by atoms with Gasteiger partial charge in [-0.05, 0) is 22.0 Å². The van der Waals surface area contributed by atoms with E-state index >= 15 is 0 Å². The average molecular weight is 286 g/mol. The number of nitrogens with one attached hydrogen (secondary N) is 2. The van der Waals surface area contributed by atoms with Crippen LogP contribution in [0, 0.1) is 0 Å². The van der Waals surface area contributed by atoms with E-state index in [1.807, 2.05) is 6.20 Å². The molecule has 0 aromatic carbocycles. The van der Waals surface area contributed by atoms with Crippen molar-refractivity contribution in [2.75, 3.05) is 6.54 Å². The fourth-order valence-electron chi connectivity index (χ4n) is 1.30. The molecule has 0 bridgehead atoms. The second-order valence-corrected chi connectivity index (χ2v) is 5.11. The van der Waals surface area contributed by atoms with Crippen LogP contribution >= 0.6 is 27.3 Å². The summed E-state index contributed by atoms with van der Waals surface area (Å²) in [5, 5.41) is 5.48. The molecule has 3 nitrogen and oxygen atoms in total. The van der Waals surface area contributed by atoms with Gasteiger partial charge in [0.1, 0.15) is 5.82 Å². The van der Waals surface area contributed by atoms with Crippen LogP contribution in [-0.2, 0) is 13.0 Å². The topological polar surface area (TPSA) is 40.7 Å². The lowest BCUT2D eigenvalue weighted by Gasteiger charge is -2.00. The standard InChI is InChI=1S/C10H12BrN3S/c11-8-5-9(15-7-8)6-12-2-1-10-13-3-4-14-10/h3-5,7,12H,1-2,6H2,(H,13,14). The summed E-state index contributed by atoms with van der Waals surface area (Å²) < 4.78 is 1.16. The zero-order valence-electron chi connectivity index (χ0n) is 8.16. The van der Waals surface area contributed by atoms with Gasteiger partial charge in [-0.1, -0.05) is 0 Å². The Hall–Kier alpha value is -0.650. The van der Waals surface area contributed by atoms with Crippen LogP contribution in [0.1, 0.15) is 10.7 Å². The molecule has 2 rings (SSSR count). The Balaban J connectivity index is 1.67. The molecule has 0 aliphatic heterocycles. The van der Waals surface area contributed by atoms with Crippen molar-refractivity contribution in [2.24, 2.45) is 0 Å². The Bertz CT molecular complexity index is 396. The number of aromatic nitrogens is 2. The Kier molecular flexibility index (Phi) is 3.94. The zero-order valence-corrected chi connectivity index (χ0v) is 10.6. The largest absolute Gasteiger partial charge is 0.349 e. The Morgan fingerprint density at radius 2 is 2.47 bits per heavy atom. The maximum atomic E-state index is 4.16. The molecule has 5 heteroatoms. The van der Waals surface area contributed by atoms with Gasteiger partial charge in [-0.15, -0.1) is 11.3 Å². The maximum Gasteiger partial charge on any atom is 0.107 e. The first kappa shape index (κ1) is 10.9. The summed E-state index contributed by atoms with van der Waals surface area (Å²) in [6, 6.07) is 2.14. The predicted octanol–water partition coefficient (Wildman–Crippen LogP) is 2.57. The molecule has 0 saturated heterocycles. The van der Waals surface area contributed by atoms with Crippen molar-refractivity contribution in [3.8, 4) is 0 Å². The van der Waals surface area contributed by atoms with Crippen LogP contribution in [-0.4, -0.2) is 16.5 Å². The van der Waals surface area contributed by atoms with Crippen molar-refractivity contribution >= 4 is 27.3 Å². The highest BCUT2D eigenvalue weighted by Crippen LogP contribution is 2.19. The van der Waals surface area contributed by atoms with E-state index in [2.05, 4.69) is 42.7 Å². The Morgan fingerprint density at radius 3 is 3.13 bits per heavy atom. The molecular formula is C10H12BrN3S. The van der Waals surface area contributed by atoms with Gasteiger partial charge in [0.2, 0.25) is 0 Å². The SMILES string of the molecule is Brc1csc(CNCCc2ncc[nH]2)c1. The number of hydrogen-bond acceptors (Lipinski definition) is 3. The van der Waals surface area contributed by atoms with Gasteiger partial charge in [0, 0.05) is 46.6 Å².